The van der Waals surface area contributed by atoms with Crippen molar-refractivity contribution in [3.8, 4) is 11.3 Å². The summed E-state index contributed by atoms with van der Waals surface area (Å²) >= 11 is 9.80. The molecule has 0 aliphatic carbocycles. The number of amides is 2. The van der Waals surface area contributed by atoms with Gasteiger partial charge in [-0.25, -0.2) is 9.18 Å². The number of piperidine rings is 1. The molecule has 1 unspecified atom stereocenters. The fourth-order valence-corrected chi connectivity index (χ4v) is 7.10. The zero-order valence-corrected chi connectivity index (χ0v) is 27.4. The van der Waals surface area contributed by atoms with Crippen molar-refractivity contribution in [2.45, 2.75) is 43.7 Å². The van der Waals surface area contributed by atoms with Gasteiger partial charge in [0.25, 0.3) is 0 Å². The minimum absolute atomic E-state index is 0.0336. The molecule has 3 aromatic carbocycles. The number of fused-ring (bicyclic) bond motifs is 2. The highest BCUT2D eigenvalue weighted by Gasteiger charge is 2.44. The Hall–Kier alpha value is -3.13. The van der Waals surface area contributed by atoms with Crippen molar-refractivity contribution in [1.82, 2.24) is 19.8 Å². The third kappa shape index (κ3) is 6.90. The first-order chi connectivity index (χ1) is 21.3. The Bertz CT molecular complexity index is 1650. The van der Waals surface area contributed by atoms with Gasteiger partial charge in [0.05, 0.1) is 16.6 Å². The van der Waals surface area contributed by atoms with Crippen LogP contribution in [0.4, 0.5) is 14.9 Å². The lowest BCUT2D eigenvalue weighted by Crippen LogP contribution is -2.48. The second-order valence-corrected chi connectivity index (χ2v) is 13.3. The number of nitrogens with one attached hydrogen (secondary N) is 2. The van der Waals surface area contributed by atoms with Crippen molar-refractivity contribution < 1.29 is 18.7 Å². The molecule has 1 aromatic heterocycles. The zero-order valence-electron chi connectivity index (χ0n) is 23.7. The number of rotatable bonds is 9. The first-order valence-electron chi connectivity index (χ1n) is 14.4. The number of benzene rings is 3. The molecule has 1 saturated heterocycles. The summed E-state index contributed by atoms with van der Waals surface area (Å²) in [7, 11) is 0. The van der Waals surface area contributed by atoms with Gasteiger partial charge in [0.2, 0.25) is 5.91 Å². The van der Waals surface area contributed by atoms with Crippen molar-refractivity contribution >= 4 is 63.4 Å². The average Bonchev–Trinajstić information content (AvgIpc) is 3.57. The summed E-state index contributed by atoms with van der Waals surface area (Å²) in [5.74, 6) is -0.720. The standard InChI is InChI=1S/C32H30ClFIN5O3S/c33-26-9-7-22(16-27(26)35)24(30(41)36-18-20-3-5-21(6-4-20)29-19-44-39-38-29)2-1-13-40-14-11-32(12-15-40)25-17-23(34)8-10-28(25)37-31(42)43-32/h3-10,16-17,19,24H,1-2,11-15,18H2,(H,36,41)(H,37,42). The minimum Gasteiger partial charge on any atom is -0.438 e. The Morgan fingerprint density at radius 2 is 1.95 bits per heavy atom. The lowest BCUT2D eigenvalue weighted by atomic mass is 9.82. The largest absolute Gasteiger partial charge is 0.438 e. The topological polar surface area (TPSA) is 96.5 Å². The van der Waals surface area contributed by atoms with E-state index in [0.29, 0.717) is 55.2 Å². The minimum atomic E-state index is -0.825. The van der Waals surface area contributed by atoms with Crippen LogP contribution in [0.1, 0.15) is 48.3 Å². The molecular weight excluding hydrogens is 716 g/mol. The van der Waals surface area contributed by atoms with Gasteiger partial charge in [-0.15, -0.1) is 5.10 Å². The Labute approximate surface area is 277 Å². The Kier molecular flexibility index (Phi) is 9.45. The van der Waals surface area contributed by atoms with E-state index < -0.39 is 11.7 Å². The van der Waals surface area contributed by atoms with Crippen LogP contribution in [0.2, 0.25) is 5.02 Å². The average molecular weight is 746 g/mol. The van der Waals surface area contributed by atoms with Crippen LogP contribution in [0.5, 0.6) is 0 Å². The van der Waals surface area contributed by atoms with E-state index in [1.165, 1.54) is 23.7 Å². The molecule has 0 saturated carbocycles. The molecule has 3 heterocycles. The fraction of sp³-hybridized carbons (Fsp3) is 0.312. The van der Waals surface area contributed by atoms with Gasteiger partial charge in [0, 0.05) is 52.6 Å². The molecule has 2 amide bonds. The van der Waals surface area contributed by atoms with Gasteiger partial charge in [-0.05, 0) is 95.0 Å². The van der Waals surface area contributed by atoms with E-state index in [4.69, 9.17) is 16.3 Å². The molecule has 1 atom stereocenters. The van der Waals surface area contributed by atoms with Crippen LogP contribution >= 0.6 is 45.7 Å². The molecule has 6 rings (SSSR count). The molecule has 2 aliphatic heterocycles. The summed E-state index contributed by atoms with van der Waals surface area (Å²) < 4.78 is 24.7. The summed E-state index contributed by atoms with van der Waals surface area (Å²) in [4.78, 5) is 28.2. The van der Waals surface area contributed by atoms with Crippen LogP contribution in [0.15, 0.2) is 66.0 Å². The van der Waals surface area contributed by atoms with E-state index in [9.17, 15) is 14.0 Å². The van der Waals surface area contributed by atoms with Gasteiger partial charge in [0.1, 0.15) is 17.1 Å². The monoisotopic (exact) mass is 745 g/mol. The van der Waals surface area contributed by atoms with E-state index in [-0.39, 0.29) is 17.6 Å². The van der Waals surface area contributed by atoms with Crippen LogP contribution in [-0.2, 0) is 21.7 Å². The van der Waals surface area contributed by atoms with Gasteiger partial charge >= 0.3 is 6.09 Å². The second-order valence-electron chi connectivity index (χ2n) is 11.1. The molecule has 2 aliphatic rings. The quantitative estimate of drug-likeness (QED) is 0.174. The molecule has 8 nitrogen and oxygen atoms in total. The lowest BCUT2D eigenvalue weighted by molar-refractivity contribution is -0.122. The summed E-state index contributed by atoms with van der Waals surface area (Å²) in [6.07, 6.45) is 2.11. The summed E-state index contributed by atoms with van der Waals surface area (Å²) in [5.41, 5.74) is 4.23. The Morgan fingerprint density at radius 3 is 2.68 bits per heavy atom. The van der Waals surface area contributed by atoms with Gasteiger partial charge < -0.3 is 15.0 Å². The first kappa shape index (κ1) is 30.9. The van der Waals surface area contributed by atoms with Crippen molar-refractivity contribution in [2.24, 2.45) is 0 Å². The second kappa shape index (κ2) is 13.5. The van der Waals surface area contributed by atoms with Gasteiger partial charge in [-0.3, -0.25) is 10.1 Å². The third-order valence-corrected chi connectivity index (χ3v) is 10.4. The van der Waals surface area contributed by atoms with Crippen molar-refractivity contribution in [1.29, 1.82) is 0 Å². The molecule has 228 valence electrons. The fourth-order valence-electron chi connectivity index (χ4n) is 5.97. The van der Waals surface area contributed by atoms with E-state index in [2.05, 4.69) is 47.7 Å². The Balaban J connectivity index is 1.07. The van der Waals surface area contributed by atoms with Crippen molar-refractivity contribution in [3.05, 3.63) is 97.1 Å². The number of carbonyl (C=O) groups excluding carboxylic acids is 2. The van der Waals surface area contributed by atoms with E-state index >= 15 is 0 Å². The molecule has 4 aromatic rings. The van der Waals surface area contributed by atoms with E-state index in [0.717, 1.165) is 38.9 Å². The highest BCUT2D eigenvalue weighted by molar-refractivity contribution is 14.1. The summed E-state index contributed by atoms with van der Waals surface area (Å²) in [6.45, 7) is 2.61. The van der Waals surface area contributed by atoms with Crippen molar-refractivity contribution in [3.63, 3.8) is 0 Å². The summed E-state index contributed by atoms with van der Waals surface area (Å²) in [5, 5.41) is 12.5. The number of carbonyl (C=O) groups is 2. The Morgan fingerprint density at radius 1 is 1.16 bits per heavy atom. The third-order valence-electron chi connectivity index (χ3n) is 8.37. The summed E-state index contributed by atoms with van der Waals surface area (Å²) in [6, 6.07) is 18.1. The normalized spacial score (nSPS) is 16.6. The van der Waals surface area contributed by atoms with Crippen LogP contribution in [-0.4, -0.2) is 46.1 Å². The molecule has 1 spiro atoms. The molecule has 1 fully saturated rings. The number of halogens is 3. The van der Waals surface area contributed by atoms with E-state index in [1.54, 1.807) is 6.07 Å². The lowest BCUT2D eigenvalue weighted by Gasteiger charge is -2.44. The number of likely N-dealkylation sites (tertiary alicyclic amines) is 1. The van der Waals surface area contributed by atoms with Crippen LogP contribution in [0.25, 0.3) is 11.3 Å². The van der Waals surface area contributed by atoms with Gasteiger partial charge in [0.15, 0.2) is 0 Å². The molecule has 0 radical (unpaired) electrons. The highest BCUT2D eigenvalue weighted by atomic mass is 127. The van der Waals surface area contributed by atoms with Gasteiger partial charge in [-0.1, -0.05) is 46.4 Å². The van der Waals surface area contributed by atoms with Crippen LogP contribution in [0.3, 0.4) is 0 Å². The number of aromatic nitrogens is 2. The smallest absolute Gasteiger partial charge is 0.412 e. The zero-order chi connectivity index (χ0) is 30.7. The van der Waals surface area contributed by atoms with Gasteiger partial charge in [-0.2, -0.15) is 0 Å². The van der Waals surface area contributed by atoms with Crippen LogP contribution in [0, 0.1) is 9.39 Å². The number of hydrogen-bond donors (Lipinski definition) is 2. The number of anilines is 1. The van der Waals surface area contributed by atoms with Crippen molar-refractivity contribution in [2.75, 3.05) is 25.0 Å². The first-order valence-corrected chi connectivity index (χ1v) is 16.7. The molecular formula is C32H30ClFIN5O3S. The number of ether oxygens (including phenoxy) is 1. The molecule has 0 bridgehead atoms. The SMILES string of the molecule is O=C1Nc2ccc(F)cc2C2(CCN(CCCC(C(=O)NCc3ccc(-c4csnn4)cc3)c3ccc(Cl)c(I)c3)CC2)O1. The van der Waals surface area contributed by atoms with E-state index in [1.807, 2.05) is 47.8 Å². The maximum atomic E-state index is 14.1. The predicted octanol–water partition coefficient (Wildman–Crippen LogP) is 7.34. The molecule has 44 heavy (non-hydrogen) atoms. The molecule has 12 heteroatoms. The maximum Gasteiger partial charge on any atom is 0.412 e. The number of nitrogens with zero attached hydrogens (tertiary/aromatic N) is 3. The van der Waals surface area contributed by atoms with Crippen LogP contribution < -0.4 is 10.6 Å². The maximum absolute atomic E-state index is 14.1. The predicted molar refractivity (Wildman–Crippen MR) is 177 cm³/mol. The number of hydrogen-bond acceptors (Lipinski definition) is 7. The molecule has 2 N–H and O–H groups in total. The highest BCUT2D eigenvalue weighted by Crippen LogP contribution is 2.43.